The molecule has 0 unspecified atom stereocenters. The van der Waals surface area contributed by atoms with Crippen LogP contribution in [0.3, 0.4) is 0 Å². The average molecular weight is 327 g/mol. The summed E-state index contributed by atoms with van der Waals surface area (Å²) >= 11 is 0. The molecular weight excluding hydrogens is 309 g/mol. The highest BCUT2D eigenvalue weighted by molar-refractivity contribution is 5.95. The van der Waals surface area contributed by atoms with E-state index in [9.17, 15) is 18.0 Å². The van der Waals surface area contributed by atoms with Crippen LogP contribution in [0.2, 0.25) is 0 Å². The van der Waals surface area contributed by atoms with Crippen molar-refractivity contribution in [2.45, 2.75) is 26.1 Å². The maximum absolute atomic E-state index is 13.2. The van der Waals surface area contributed by atoms with Crippen molar-refractivity contribution in [3.63, 3.8) is 0 Å². The van der Waals surface area contributed by atoms with E-state index in [-0.39, 0.29) is 18.0 Å². The molecule has 1 aliphatic rings. The van der Waals surface area contributed by atoms with Crippen LogP contribution in [0, 0.1) is 0 Å². The van der Waals surface area contributed by atoms with E-state index in [1.54, 1.807) is 13.8 Å². The number of nitrogens with zero attached hydrogens (tertiary/aromatic N) is 3. The summed E-state index contributed by atoms with van der Waals surface area (Å²) in [6, 6.07) is -0.462. The van der Waals surface area contributed by atoms with Crippen molar-refractivity contribution in [2.75, 3.05) is 26.2 Å². The van der Waals surface area contributed by atoms with Gasteiger partial charge in [0.15, 0.2) is 5.69 Å². The number of rotatable bonds is 2. The van der Waals surface area contributed by atoms with E-state index < -0.39 is 23.8 Å². The molecule has 0 aromatic carbocycles. The van der Waals surface area contributed by atoms with Gasteiger partial charge in [-0.15, -0.1) is 12.4 Å². The first-order chi connectivity index (χ1) is 9.32. The molecular formula is C12H18ClF3N4O. The SMILES string of the molecule is CC(C)n1ncc(C(=O)N2CCNCC2)c1C(F)(F)F.Cl. The number of amides is 1. The quantitative estimate of drug-likeness (QED) is 0.903. The Morgan fingerprint density at radius 3 is 2.38 bits per heavy atom. The van der Waals surface area contributed by atoms with E-state index in [1.165, 1.54) is 4.90 Å². The Morgan fingerprint density at radius 1 is 1.33 bits per heavy atom. The van der Waals surface area contributed by atoms with Crippen LogP contribution in [0.1, 0.15) is 35.9 Å². The van der Waals surface area contributed by atoms with Gasteiger partial charge in [-0.1, -0.05) is 0 Å². The van der Waals surface area contributed by atoms with E-state index in [0.717, 1.165) is 10.9 Å². The van der Waals surface area contributed by atoms with Gasteiger partial charge in [-0.3, -0.25) is 9.48 Å². The monoisotopic (exact) mass is 326 g/mol. The van der Waals surface area contributed by atoms with E-state index >= 15 is 0 Å². The van der Waals surface area contributed by atoms with E-state index in [2.05, 4.69) is 10.4 Å². The fourth-order valence-electron chi connectivity index (χ4n) is 2.23. The smallest absolute Gasteiger partial charge is 0.336 e. The summed E-state index contributed by atoms with van der Waals surface area (Å²) < 4.78 is 40.4. The van der Waals surface area contributed by atoms with Crippen LogP contribution < -0.4 is 5.32 Å². The number of hydrogen-bond acceptors (Lipinski definition) is 3. The normalized spacial score (nSPS) is 16.0. The molecule has 1 amide bonds. The molecule has 0 spiro atoms. The molecule has 1 aliphatic heterocycles. The van der Waals surface area contributed by atoms with Crippen LogP contribution in [0.15, 0.2) is 6.20 Å². The lowest BCUT2D eigenvalue weighted by Crippen LogP contribution is -2.46. The molecule has 0 atom stereocenters. The number of nitrogens with one attached hydrogen (secondary N) is 1. The number of carbonyl (C=O) groups is 1. The summed E-state index contributed by atoms with van der Waals surface area (Å²) in [4.78, 5) is 13.7. The molecule has 9 heteroatoms. The summed E-state index contributed by atoms with van der Waals surface area (Å²) in [5, 5.41) is 6.78. The molecule has 2 heterocycles. The maximum Gasteiger partial charge on any atom is 0.433 e. The van der Waals surface area contributed by atoms with Crippen molar-refractivity contribution in [1.82, 2.24) is 20.0 Å². The molecule has 1 saturated heterocycles. The number of carbonyl (C=O) groups excluding carboxylic acids is 1. The predicted molar refractivity (Wildman–Crippen MR) is 73.6 cm³/mol. The third-order valence-electron chi connectivity index (χ3n) is 3.19. The van der Waals surface area contributed by atoms with Crippen molar-refractivity contribution >= 4 is 18.3 Å². The lowest BCUT2D eigenvalue weighted by molar-refractivity contribution is -0.145. The highest BCUT2D eigenvalue weighted by Gasteiger charge is 2.41. The zero-order valence-corrected chi connectivity index (χ0v) is 12.6. The number of alkyl halides is 3. The van der Waals surface area contributed by atoms with Gasteiger partial charge in [0.1, 0.15) is 0 Å². The summed E-state index contributed by atoms with van der Waals surface area (Å²) in [7, 11) is 0. The summed E-state index contributed by atoms with van der Waals surface area (Å²) in [5.41, 5.74) is -1.33. The van der Waals surface area contributed by atoms with Crippen LogP contribution in [-0.2, 0) is 6.18 Å². The minimum atomic E-state index is -4.60. The molecule has 0 saturated carbocycles. The Balaban J connectivity index is 0.00000220. The van der Waals surface area contributed by atoms with Crippen molar-refractivity contribution in [3.8, 4) is 0 Å². The number of aromatic nitrogens is 2. The topological polar surface area (TPSA) is 50.2 Å². The van der Waals surface area contributed by atoms with Gasteiger partial charge >= 0.3 is 6.18 Å². The Morgan fingerprint density at radius 2 is 1.90 bits per heavy atom. The molecule has 21 heavy (non-hydrogen) atoms. The number of hydrogen-bond donors (Lipinski definition) is 1. The summed E-state index contributed by atoms with van der Waals surface area (Å²) in [6.45, 7) is 5.19. The highest BCUT2D eigenvalue weighted by Crippen LogP contribution is 2.34. The molecule has 2 rings (SSSR count). The first kappa shape index (κ1) is 17.8. The van der Waals surface area contributed by atoms with Gasteiger partial charge in [-0.05, 0) is 13.8 Å². The van der Waals surface area contributed by atoms with Crippen molar-refractivity contribution in [3.05, 3.63) is 17.5 Å². The summed E-state index contributed by atoms with van der Waals surface area (Å²) in [5.74, 6) is -0.606. The van der Waals surface area contributed by atoms with Gasteiger partial charge in [0.2, 0.25) is 0 Å². The summed E-state index contributed by atoms with van der Waals surface area (Å²) in [6.07, 6.45) is -3.58. The third-order valence-corrected chi connectivity index (χ3v) is 3.19. The van der Waals surface area contributed by atoms with Gasteiger partial charge in [0, 0.05) is 32.2 Å². The number of halogens is 4. The Hall–Kier alpha value is -1.28. The van der Waals surface area contributed by atoms with E-state index in [1.807, 2.05) is 0 Å². The van der Waals surface area contributed by atoms with Gasteiger partial charge in [0.05, 0.1) is 11.8 Å². The van der Waals surface area contributed by atoms with Gasteiger partial charge in [-0.25, -0.2) is 0 Å². The van der Waals surface area contributed by atoms with Crippen LogP contribution in [0.4, 0.5) is 13.2 Å². The molecule has 1 aromatic heterocycles. The number of piperazine rings is 1. The molecule has 120 valence electrons. The lowest BCUT2D eigenvalue weighted by Gasteiger charge is -2.27. The molecule has 0 aliphatic carbocycles. The largest absolute Gasteiger partial charge is 0.433 e. The highest BCUT2D eigenvalue weighted by atomic mass is 35.5. The van der Waals surface area contributed by atoms with Gasteiger partial charge in [0.25, 0.3) is 5.91 Å². The van der Waals surface area contributed by atoms with Gasteiger partial charge < -0.3 is 10.2 Å². The lowest BCUT2D eigenvalue weighted by atomic mass is 10.2. The first-order valence-electron chi connectivity index (χ1n) is 6.47. The van der Waals surface area contributed by atoms with Gasteiger partial charge in [-0.2, -0.15) is 18.3 Å². The molecule has 1 fully saturated rings. The minimum absolute atomic E-state index is 0. The third kappa shape index (κ3) is 3.68. The van der Waals surface area contributed by atoms with Crippen LogP contribution in [-0.4, -0.2) is 46.8 Å². The van der Waals surface area contributed by atoms with Crippen molar-refractivity contribution < 1.29 is 18.0 Å². The maximum atomic E-state index is 13.2. The van der Waals surface area contributed by atoms with E-state index in [4.69, 9.17) is 0 Å². The molecule has 0 bridgehead atoms. The fourth-order valence-corrected chi connectivity index (χ4v) is 2.23. The van der Waals surface area contributed by atoms with Crippen LogP contribution in [0.25, 0.3) is 0 Å². The molecule has 5 nitrogen and oxygen atoms in total. The van der Waals surface area contributed by atoms with Crippen molar-refractivity contribution in [1.29, 1.82) is 0 Å². The second kappa shape index (κ2) is 6.65. The van der Waals surface area contributed by atoms with E-state index in [0.29, 0.717) is 26.2 Å². The molecule has 0 radical (unpaired) electrons. The second-order valence-electron chi connectivity index (χ2n) is 4.99. The first-order valence-corrected chi connectivity index (χ1v) is 6.47. The van der Waals surface area contributed by atoms with Crippen molar-refractivity contribution in [2.24, 2.45) is 0 Å². The predicted octanol–water partition coefficient (Wildman–Crippen LogP) is 1.95. The molecule has 1 aromatic rings. The fraction of sp³-hybridized carbons (Fsp3) is 0.667. The van der Waals surface area contributed by atoms with Crippen LogP contribution >= 0.6 is 12.4 Å². The zero-order chi connectivity index (χ0) is 14.9. The second-order valence-corrected chi connectivity index (χ2v) is 4.99. The minimum Gasteiger partial charge on any atom is -0.336 e. The standard InChI is InChI=1S/C12H17F3N4O.ClH/c1-8(2)19-10(12(13,14)15)9(7-17-19)11(20)18-5-3-16-4-6-18;/h7-8,16H,3-6H2,1-2H3;1H. The Kier molecular flexibility index (Phi) is 5.63. The van der Waals surface area contributed by atoms with Crippen LogP contribution in [0.5, 0.6) is 0 Å². The average Bonchev–Trinajstić information content (AvgIpc) is 2.83. The zero-order valence-electron chi connectivity index (χ0n) is 11.8. The Labute approximate surface area is 126 Å². The Bertz CT molecular complexity index is 495. The molecule has 1 N–H and O–H groups in total.